The van der Waals surface area contributed by atoms with Crippen molar-refractivity contribution < 1.29 is 9.47 Å². The van der Waals surface area contributed by atoms with E-state index in [4.69, 9.17) is 9.47 Å². The second-order valence-corrected chi connectivity index (χ2v) is 32.6. The third-order valence-electron chi connectivity index (χ3n) is 31.5. The first kappa shape index (κ1) is 37.0. The standard InChI is InChI=1S/C86H28N2O2/c1-87-17-83-73-57-45-33-25-26-30-27-31-39-47(35(27)33)59(57)75(83)63-51(39)43-54-42(31)50-38(30)46-34(26)36-28-29(25)37(45)49-41-32(28)40-48(36)60-58(46)74-62(50)66(54)78-70-55(43)67(63)79-71-69-56-44-52(40)64-68(56)80(72(70)71)86(78)82(88(2)18-84(74,86)76(60)64)22-9-13-24(14-10-22)90-16-20-5-3-19(4-6-20)15-89-23-11-7-21(8-12-23)81(87)85(79,83)77(69)65(53(41)44)61(49)73/h3-14,81-82H,15-18H2,1-2H3/t81-,82-,83?,84?,85?,86?/m0/s1. The first-order valence-electron chi connectivity index (χ1n) is 33.6. The quantitative estimate of drug-likeness (QED) is 0.141. The van der Waals surface area contributed by atoms with Gasteiger partial charge < -0.3 is 9.47 Å². The molecule has 0 saturated carbocycles. The van der Waals surface area contributed by atoms with Crippen LogP contribution in [0.25, 0.3) is 259 Å². The highest BCUT2D eigenvalue weighted by atomic mass is 16.5. The van der Waals surface area contributed by atoms with Crippen LogP contribution < -0.4 is 9.47 Å². The number of ether oxygens (including phenoxy) is 2. The molecule has 4 spiro atoms. The third-order valence-corrected chi connectivity index (χ3v) is 31.5. The van der Waals surface area contributed by atoms with E-state index in [2.05, 4.69) is 96.7 Å². The highest BCUT2D eigenvalue weighted by Crippen LogP contribution is 2.90. The van der Waals surface area contributed by atoms with Crippen LogP contribution in [0.1, 0.15) is 78.8 Å². The molecule has 90 heavy (non-hydrogen) atoms. The monoisotopic (exact) mass is 1120 g/mol. The summed E-state index contributed by atoms with van der Waals surface area (Å²) in [5.74, 6) is 1.87. The van der Waals surface area contributed by atoms with Crippen LogP contribution >= 0.6 is 0 Å². The largest absolute Gasteiger partial charge is 0.489 e. The van der Waals surface area contributed by atoms with Gasteiger partial charge in [0.2, 0.25) is 0 Å². The number of likely N-dealkylation sites (tertiary alicyclic amines) is 2. The molecule has 0 radical (unpaired) electrons. The van der Waals surface area contributed by atoms with Gasteiger partial charge >= 0.3 is 0 Å². The summed E-state index contributed by atoms with van der Waals surface area (Å²) in [5.41, 5.74) is 17.7. The smallest absolute Gasteiger partial charge is 0.119 e. The summed E-state index contributed by atoms with van der Waals surface area (Å²) < 4.78 is 13.7. The van der Waals surface area contributed by atoms with Gasteiger partial charge in [-0.3, -0.25) is 9.80 Å². The van der Waals surface area contributed by atoms with Gasteiger partial charge in [0.15, 0.2) is 0 Å². The highest BCUT2D eigenvalue weighted by Gasteiger charge is 2.80. The molecule has 4 unspecified atom stereocenters. The van der Waals surface area contributed by atoms with E-state index < -0.39 is 10.8 Å². The van der Waals surface area contributed by atoms with Crippen LogP contribution in [0.5, 0.6) is 11.5 Å². The minimum atomic E-state index is -0.426. The molecule has 7 aliphatic heterocycles. The zero-order valence-electron chi connectivity index (χ0n) is 47.6. The van der Waals surface area contributed by atoms with E-state index in [0.717, 1.165) is 24.6 Å². The molecule has 0 N–H and O–H groups in total. The van der Waals surface area contributed by atoms with Gasteiger partial charge in [-0.05, 0) is 364 Å². The lowest BCUT2D eigenvalue weighted by Gasteiger charge is -2.52. The Kier molecular flexibility index (Phi) is 3.73. The molecule has 8 aliphatic carbocycles. The van der Waals surface area contributed by atoms with Gasteiger partial charge in [0.05, 0.1) is 21.7 Å². The van der Waals surface area contributed by atoms with Crippen LogP contribution in [0.3, 0.4) is 0 Å². The fraction of sp³-hybridized carbons (Fsp3) is 0.140. The minimum Gasteiger partial charge on any atom is -0.489 e. The SMILES string of the molecule is CN1CC23c4c5c6c7c8c9c%10c%11c%12c%13c%14c%15c%16c%17c%18c%19c9c6c6c%18c9c%17c%17c%15c%15c%18c%14c%14c%12c%12c%11c8c(c8c%11c2c2c4c4c(c56)c9c5c4c4c2c2c%11c(c8%12)c%14c%18c2c4c%15c%175)C73[C@@H]1c1ccc(cc1)OCc1ccc(cc1)COc1ccc(cc1)[C@@H]1N(C)CC%13%16C%10%191. The molecule has 7 heterocycles. The zero-order valence-corrected chi connectivity index (χ0v) is 47.6. The van der Waals surface area contributed by atoms with Crippen molar-refractivity contribution in [3.8, 4) is 11.5 Å². The maximum absolute atomic E-state index is 6.85. The summed E-state index contributed by atoms with van der Waals surface area (Å²) in [6.45, 7) is 3.02. The first-order chi connectivity index (χ1) is 44.6. The van der Waals surface area contributed by atoms with E-state index >= 15 is 0 Å². The van der Waals surface area contributed by atoms with Gasteiger partial charge in [0.1, 0.15) is 24.7 Å². The average molecular weight is 1120 g/mol. The zero-order chi connectivity index (χ0) is 54.8. The van der Waals surface area contributed by atoms with Gasteiger partial charge in [-0.25, -0.2) is 0 Å². The Morgan fingerprint density at radius 3 is 0.667 bits per heavy atom. The van der Waals surface area contributed by atoms with E-state index in [1.165, 1.54) is 22.3 Å². The molecule has 27 aromatic carbocycles. The lowest BCUT2D eigenvalue weighted by atomic mass is 9.47. The normalized spacial score (nSPS) is 27.1. The van der Waals surface area contributed by atoms with Crippen molar-refractivity contribution >= 4 is 259 Å². The second kappa shape index (κ2) is 9.06. The number of nitrogens with zero attached hydrogens (tertiary/aromatic N) is 2. The number of benzene rings is 19. The Bertz CT molecular complexity index is 8090. The maximum Gasteiger partial charge on any atom is 0.119 e. The van der Waals surface area contributed by atoms with Gasteiger partial charge in [-0.15, -0.1) is 0 Å². The number of hydrogen-bond acceptors (Lipinski definition) is 4. The average Bonchev–Trinajstić information content (AvgIpc) is 1.37. The Morgan fingerprint density at radius 1 is 0.244 bits per heavy atom. The minimum absolute atomic E-state index is 0.0639. The highest BCUT2D eigenvalue weighted by molar-refractivity contribution is 6.78. The lowest BCUT2D eigenvalue weighted by Crippen LogP contribution is -2.52. The first-order valence-corrected chi connectivity index (χ1v) is 33.6. The molecule has 15 aliphatic rings. The fourth-order valence-electron chi connectivity index (χ4n) is 31.2. The number of fused-ring (bicyclic) bond motifs is 1. The van der Waals surface area contributed by atoms with Crippen molar-refractivity contribution in [1.82, 2.24) is 9.80 Å². The van der Waals surface area contributed by atoms with E-state index in [1.807, 2.05) is 0 Å². The van der Waals surface area contributed by atoms with Crippen molar-refractivity contribution in [3.63, 3.8) is 0 Å². The number of hydrogen-bond donors (Lipinski definition) is 0. The van der Waals surface area contributed by atoms with Gasteiger partial charge in [-0.1, -0.05) is 48.5 Å². The van der Waals surface area contributed by atoms with Gasteiger partial charge in [-0.2, -0.15) is 0 Å². The number of rotatable bonds is 0. The van der Waals surface area contributed by atoms with Gasteiger partial charge in [0, 0.05) is 25.2 Å². The fourth-order valence-corrected chi connectivity index (χ4v) is 31.2. The molecule has 4 nitrogen and oxygen atoms in total. The third kappa shape index (κ3) is 2.24. The molecule has 2 fully saturated rings. The molecule has 6 atom stereocenters. The van der Waals surface area contributed by atoms with E-state index in [1.54, 1.807) is 303 Å². The van der Waals surface area contributed by atoms with Crippen LogP contribution in [-0.4, -0.2) is 37.0 Å². The molecule has 12 bridgehead atoms. The predicted molar refractivity (Wildman–Crippen MR) is 366 cm³/mol. The molecular formula is C86H28N2O2. The lowest BCUT2D eigenvalue weighted by molar-refractivity contribution is 0.270. The Balaban J connectivity index is 0.942. The van der Waals surface area contributed by atoms with Crippen LogP contribution in [0.2, 0.25) is 0 Å². The van der Waals surface area contributed by atoms with E-state index in [-0.39, 0.29) is 22.9 Å². The van der Waals surface area contributed by atoms with Crippen LogP contribution in [0.4, 0.5) is 0 Å². The molecule has 0 aromatic heterocycles. The molecule has 0 amide bonds. The summed E-state index contributed by atoms with van der Waals surface area (Å²) in [7, 11) is 5.18. The molecule has 27 aromatic rings. The van der Waals surface area contributed by atoms with Gasteiger partial charge in [0.25, 0.3) is 0 Å². The van der Waals surface area contributed by atoms with Crippen LogP contribution in [0, 0.1) is 0 Å². The van der Waals surface area contributed by atoms with Crippen molar-refractivity contribution in [2.45, 2.75) is 47.0 Å². The Labute approximate surface area is 500 Å². The summed E-state index contributed by atoms with van der Waals surface area (Å²) in [6, 6.07) is 28.6. The summed E-state index contributed by atoms with van der Waals surface area (Å²) in [6.07, 6.45) is 0. The van der Waals surface area contributed by atoms with E-state index in [0.29, 0.717) is 13.2 Å². The van der Waals surface area contributed by atoms with Crippen molar-refractivity contribution in [3.05, 3.63) is 140 Å². The summed E-state index contributed by atoms with van der Waals surface area (Å²) in [4.78, 5) is 5.93. The second-order valence-electron chi connectivity index (χ2n) is 32.6. The van der Waals surface area contributed by atoms with E-state index in [9.17, 15) is 0 Å². The number of likely N-dealkylation sites (N-methyl/N-ethyl adjacent to an activating group) is 2. The topological polar surface area (TPSA) is 24.9 Å². The molecule has 42 rings (SSSR count). The molecular weight excluding hydrogens is 1090 g/mol. The van der Waals surface area contributed by atoms with Crippen molar-refractivity contribution in [2.24, 2.45) is 0 Å². The van der Waals surface area contributed by atoms with Crippen molar-refractivity contribution in [2.75, 3.05) is 27.2 Å². The molecule has 394 valence electrons. The van der Waals surface area contributed by atoms with Crippen LogP contribution in [-0.2, 0) is 34.9 Å². The maximum atomic E-state index is 6.85. The summed E-state index contributed by atoms with van der Waals surface area (Å²) in [5, 5.41) is 80.0. The summed E-state index contributed by atoms with van der Waals surface area (Å²) >= 11 is 0. The molecule has 2 saturated heterocycles. The van der Waals surface area contributed by atoms with Crippen LogP contribution in [0.15, 0.2) is 72.8 Å². The Morgan fingerprint density at radius 2 is 0.433 bits per heavy atom. The predicted octanol–water partition coefficient (Wildman–Crippen LogP) is 19.7. The van der Waals surface area contributed by atoms with Crippen molar-refractivity contribution in [1.29, 1.82) is 0 Å². The Hall–Kier alpha value is -10.1. The molecule has 4 heteroatoms.